The second-order valence-electron chi connectivity index (χ2n) is 6.22. The number of nitrogens with two attached hydrogens (primary N) is 1. The molecule has 5 heteroatoms. The lowest BCUT2D eigenvalue weighted by atomic mass is 9.76. The van der Waals surface area contributed by atoms with Gasteiger partial charge in [0.05, 0.1) is 11.6 Å². The lowest BCUT2D eigenvalue weighted by Gasteiger charge is -2.45. The van der Waals surface area contributed by atoms with Gasteiger partial charge >= 0.3 is 0 Å². The van der Waals surface area contributed by atoms with Crippen LogP contribution in [0.4, 0.5) is 0 Å². The molecule has 21 heavy (non-hydrogen) atoms. The number of pyridine rings is 1. The van der Waals surface area contributed by atoms with Crippen LogP contribution in [0.1, 0.15) is 43.0 Å². The number of nitrogens with one attached hydrogen (secondary N) is 1. The Hall–Kier alpha value is -1.01. The van der Waals surface area contributed by atoms with Crippen LogP contribution >= 0.6 is 0 Å². The van der Waals surface area contributed by atoms with Crippen molar-refractivity contribution in [2.45, 2.75) is 44.2 Å². The highest BCUT2D eigenvalue weighted by Crippen LogP contribution is 2.41. The zero-order valence-corrected chi connectivity index (χ0v) is 12.7. The highest BCUT2D eigenvalue weighted by atomic mass is 16.5. The zero-order valence-electron chi connectivity index (χ0n) is 12.7. The van der Waals surface area contributed by atoms with E-state index in [9.17, 15) is 0 Å². The summed E-state index contributed by atoms with van der Waals surface area (Å²) in [6, 6.07) is 4.25. The van der Waals surface area contributed by atoms with E-state index in [-0.39, 0.29) is 11.6 Å². The van der Waals surface area contributed by atoms with E-state index in [1.165, 1.54) is 5.56 Å². The van der Waals surface area contributed by atoms with E-state index in [0.717, 1.165) is 51.2 Å². The number of hydrazine groups is 1. The van der Waals surface area contributed by atoms with Crippen molar-refractivity contribution >= 4 is 0 Å². The highest BCUT2D eigenvalue weighted by Gasteiger charge is 2.41. The molecular formula is C16H25N3O2. The van der Waals surface area contributed by atoms with Gasteiger partial charge in [-0.15, -0.1) is 0 Å². The van der Waals surface area contributed by atoms with Crippen LogP contribution in [0.15, 0.2) is 18.3 Å². The maximum absolute atomic E-state index is 6.13. The number of ether oxygens (including phenoxy) is 2. The number of hydrogen-bond donors (Lipinski definition) is 2. The zero-order chi connectivity index (χ0) is 14.7. The molecule has 2 fully saturated rings. The van der Waals surface area contributed by atoms with E-state index < -0.39 is 0 Å². The van der Waals surface area contributed by atoms with Crippen LogP contribution in [-0.4, -0.2) is 30.4 Å². The molecule has 3 N–H and O–H groups in total. The van der Waals surface area contributed by atoms with Crippen molar-refractivity contribution in [1.82, 2.24) is 10.4 Å². The fourth-order valence-corrected chi connectivity index (χ4v) is 3.75. The molecule has 0 radical (unpaired) electrons. The first-order chi connectivity index (χ1) is 10.2. The molecule has 1 aromatic rings. The Morgan fingerprint density at radius 3 is 2.90 bits per heavy atom. The van der Waals surface area contributed by atoms with Crippen molar-refractivity contribution in [3.63, 3.8) is 0 Å². The summed E-state index contributed by atoms with van der Waals surface area (Å²) in [5.41, 5.74) is 5.27. The monoisotopic (exact) mass is 291 g/mol. The van der Waals surface area contributed by atoms with Crippen molar-refractivity contribution in [2.24, 2.45) is 11.8 Å². The average Bonchev–Trinajstić information content (AvgIpc) is 2.51. The Morgan fingerprint density at radius 1 is 1.38 bits per heavy atom. The van der Waals surface area contributed by atoms with Gasteiger partial charge in [0.2, 0.25) is 0 Å². The molecule has 0 bridgehead atoms. The van der Waals surface area contributed by atoms with Gasteiger partial charge in [0, 0.05) is 31.7 Å². The fraction of sp³-hybridized carbons (Fsp3) is 0.688. The molecule has 2 aliphatic heterocycles. The van der Waals surface area contributed by atoms with E-state index in [2.05, 4.69) is 16.5 Å². The molecule has 3 rings (SSSR count). The largest absolute Gasteiger partial charge is 0.381 e. The molecule has 5 nitrogen and oxygen atoms in total. The summed E-state index contributed by atoms with van der Waals surface area (Å²) in [5, 5.41) is 0. The molecule has 0 saturated carbocycles. The van der Waals surface area contributed by atoms with Crippen LogP contribution in [0.3, 0.4) is 0 Å². The van der Waals surface area contributed by atoms with Gasteiger partial charge in [0.1, 0.15) is 0 Å². The number of hydrogen-bond acceptors (Lipinski definition) is 5. The van der Waals surface area contributed by atoms with Crippen LogP contribution in [-0.2, 0) is 9.47 Å². The Bertz CT molecular complexity index is 469. The summed E-state index contributed by atoms with van der Waals surface area (Å²) >= 11 is 0. The molecule has 1 spiro atoms. The smallest absolute Gasteiger partial charge is 0.0729 e. The van der Waals surface area contributed by atoms with Gasteiger partial charge < -0.3 is 9.47 Å². The molecule has 2 aliphatic rings. The van der Waals surface area contributed by atoms with Crippen molar-refractivity contribution in [3.8, 4) is 0 Å². The van der Waals surface area contributed by atoms with Crippen LogP contribution < -0.4 is 11.3 Å². The molecule has 116 valence electrons. The SMILES string of the molecule is Cc1ncccc1C(NN)C1CCOC2(CCOCC2)C1. The van der Waals surface area contributed by atoms with Gasteiger partial charge in [-0.2, -0.15) is 0 Å². The second-order valence-corrected chi connectivity index (χ2v) is 6.22. The van der Waals surface area contributed by atoms with Gasteiger partial charge in [-0.25, -0.2) is 0 Å². The van der Waals surface area contributed by atoms with Gasteiger partial charge in [-0.1, -0.05) is 6.07 Å². The molecular weight excluding hydrogens is 266 g/mol. The quantitative estimate of drug-likeness (QED) is 0.657. The third kappa shape index (κ3) is 3.11. The minimum Gasteiger partial charge on any atom is -0.381 e. The number of aromatic nitrogens is 1. The molecule has 2 unspecified atom stereocenters. The van der Waals surface area contributed by atoms with Crippen molar-refractivity contribution in [1.29, 1.82) is 0 Å². The highest BCUT2D eigenvalue weighted by molar-refractivity contribution is 5.23. The Morgan fingerprint density at radius 2 is 2.19 bits per heavy atom. The molecule has 0 aliphatic carbocycles. The molecule has 2 atom stereocenters. The molecule has 1 aromatic heterocycles. The first-order valence-electron chi connectivity index (χ1n) is 7.83. The van der Waals surface area contributed by atoms with Crippen LogP contribution in [0.25, 0.3) is 0 Å². The fourth-order valence-electron chi connectivity index (χ4n) is 3.75. The van der Waals surface area contributed by atoms with Gasteiger partial charge in [-0.05, 0) is 50.2 Å². The third-order valence-corrected chi connectivity index (χ3v) is 4.97. The second kappa shape index (κ2) is 6.40. The number of aryl methyl sites for hydroxylation is 1. The Kier molecular flexibility index (Phi) is 4.54. The summed E-state index contributed by atoms with van der Waals surface area (Å²) in [5.74, 6) is 6.36. The summed E-state index contributed by atoms with van der Waals surface area (Å²) in [6.07, 6.45) is 5.89. The average molecular weight is 291 g/mol. The minimum absolute atomic E-state index is 0.00756. The van der Waals surface area contributed by atoms with Gasteiger partial charge in [0.25, 0.3) is 0 Å². The maximum atomic E-state index is 6.13. The van der Waals surface area contributed by atoms with Gasteiger partial charge in [0.15, 0.2) is 0 Å². The predicted molar refractivity (Wildman–Crippen MR) is 80.5 cm³/mol. The van der Waals surface area contributed by atoms with E-state index in [0.29, 0.717) is 5.92 Å². The first-order valence-corrected chi connectivity index (χ1v) is 7.83. The van der Waals surface area contributed by atoms with E-state index in [1.54, 1.807) is 0 Å². The molecule has 2 saturated heterocycles. The number of nitrogens with zero attached hydrogens (tertiary/aromatic N) is 1. The van der Waals surface area contributed by atoms with Crippen molar-refractivity contribution < 1.29 is 9.47 Å². The first kappa shape index (κ1) is 14.9. The predicted octanol–water partition coefficient (Wildman–Crippen LogP) is 1.87. The summed E-state index contributed by atoms with van der Waals surface area (Å²) in [7, 11) is 0. The molecule has 0 amide bonds. The standard InChI is InChI=1S/C16H25N3O2/c1-12-14(3-2-7-18-12)15(19-17)13-4-8-21-16(11-13)5-9-20-10-6-16/h2-3,7,13,15,19H,4-6,8-11,17H2,1H3. The lowest BCUT2D eigenvalue weighted by Crippen LogP contribution is -2.47. The summed E-state index contributed by atoms with van der Waals surface area (Å²) in [4.78, 5) is 4.40. The summed E-state index contributed by atoms with van der Waals surface area (Å²) < 4.78 is 11.6. The third-order valence-electron chi connectivity index (χ3n) is 4.97. The maximum Gasteiger partial charge on any atom is 0.0729 e. The van der Waals surface area contributed by atoms with E-state index in [4.69, 9.17) is 15.3 Å². The molecule has 3 heterocycles. The van der Waals surface area contributed by atoms with Crippen molar-refractivity contribution in [2.75, 3.05) is 19.8 Å². The topological polar surface area (TPSA) is 69.4 Å². The normalized spacial score (nSPS) is 26.7. The van der Waals surface area contributed by atoms with Gasteiger partial charge in [-0.3, -0.25) is 16.3 Å². The van der Waals surface area contributed by atoms with E-state index >= 15 is 0 Å². The summed E-state index contributed by atoms with van der Waals surface area (Å²) in [6.45, 7) is 4.46. The van der Waals surface area contributed by atoms with Crippen LogP contribution in [0.2, 0.25) is 0 Å². The van der Waals surface area contributed by atoms with E-state index in [1.807, 2.05) is 19.2 Å². The Labute approximate surface area is 126 Å². The minimum atomic E-state index is -0.00756. The lowest BCUT2D eigenvalue weighted by molar-refractivity contribution is -0.150. The Balaban J connectivity index is 1.79. The van der Waals surface area contributed by atoms with Crippen LogP contribution in [0, 0.1) is 12.8 Å². The molecule has 0 aromatic carbocycles. The number of rotatable bonds is 3. The van der Waals surface area contributed by atoms with Crippen LogP contribution in [0.5, 0.6) is 0 Å². The van der Waals surface area contributed by atoms with Crippen molar-refractivity contribution in [3.05, 3.63) is 29.6 Å².